The van der Waals surface area contributed by atoms with Crippen LogP contribution in [0.25, 0.3) is 0 Å². The predicted molar refractivity (Wildman–Crippen MR) is 103 cm³/mol. The minimum Gasteiger partial charge on any atom is -0.467 e. The molecule has 0 unspecified atom stereocenters. The molecule has 0 aliphatic carbocycles. The molecular formula is C21H22N2O2S. The van der Waals surface area contributed by atoms with E-state index in [4.69, 9.17) is 4.42 Å². The van der Waals surface area contributed by atoms with Gasteiger partial charge in [0.2, 0.25) is 5.91 Å². The highest BCUT2D eigenvalue weighted by Crippen LogP contribution is 2.24. The largest absolute Gasteiger partial charge is 0.467 e. The topological polar surface area (TPSA) is 36.7 Å². The van der Waals surface area contributed by atoms with Gasteiger partial charge in [-0.3, -0.25) is 9.69 Å². The maximum atomic E-state index is 13.0. The van der Waals surface area contributed by atoms with Crippen LogP contribution in [0.5, 0.6) is 0 Å². The van der Waals surface area contributed by atoms with E-state index in [2.05, 4.69) is 28.5 Å². The molecule has 4 nitrogen and oxygen atoms in total. The molecule has 2 aromatic heterocycles. The number of carbonyl (C=O) groups excluding carboxylic acids is 1. The number of rotatable bonds is 6. The lowest BCUT2D eigenvalue weighted by molar-refractivity contribution is -0.134. The van der Waals surface area contributed by atoms with E-state index < -0.39 is 0 Å². The summed E-state index contributed by atoms with van der Waals surface area (Å²) in [4.78, 5) is 18.6. The Kier molecular flexibility index (Phi) is 5.18. The van der Waals surface area contributed by atoms with Crippen LogP contribution >= 0.6 is 11.3 Å². The van der Waals surface area contributed by atoms with Crippen LogP contribution in [0.15, 0.2) is 64.6 Å². The Morgan fingerprint density at radius 2 is 2.00 bits per heavy atom. The number of thiophene rings is 1. The molecule has 5 heteroatoms. The average molecular weight is 366 g/mol. The molecule has 1 amide bonds. The SMILES string of the molecule is O=C(CN1CCc2sccc2C1)N(Cc1ccccc1)Cc1ccco1. The van der Waals surface area contributed by atoms with Crippen LogP contribution in [-0.4, -0.2) is 28.8 Å². The second-order valence-electron chi connectivity index (χ2n) is 6.64. The summed E-state index contributed by atoms with van der Waals surface area (Å²) in [5.74, 6) is 0.956. The third-order valence-corrected chi connectivity index (χ3v) is 5.76. The van der Waals surface area contributed by atoms with Crippen molar-refractivity contribution in [1.29, 1.82) is 0 Å². The van der Waals surface area contributed by atoms with Gasteiger partial charge in [0, 0.05) is 24.5 Å². The zero-order chi connectivity index (χ0) is 17.8. The third kappa shape index (κ3) is 4.06. The van der Waals surface area contributed by atoms with Crippen molar-refractivity contribution < 1.29 is 9.21 Å². The molecule has 0 atom stereocenters. The summed E-state index contributed by atoms with van der Waals surface area (Å²) in [7, 11) is 0. The lowest BCUT2D eigenvalue weighted by Crippen LogP contribution is -2.41. The van der Waals surface area contributed by atoms with E-state index in [1.807, 2.05) is 46.6 Å². The number of hydrogen-bond acceptors (Lipinski definition) is 4. The van der Waals surface area contributed by atoms with Crippen LogP contribution in [0.3, 0.4) is 0 Å². The molecule has 0 saturated heterocycles. The number of nitrogens with zero attached hydrogens (tertiary/aromatic N) is 2. The molecule has 0 saturated carbocycles. The van der Waals surface area contributed by atoms with Crippen molar-refractivity contribution >= 4 is 17.2 Å². The number of fused-ring (bicyclic) bond motifs is 1. The fourth-order valence-electron chi connectivity index (χ4n) is 3.36. The van der Waals surface area contributed by atoms with E-state index in [-0.39, 0.29) is 5.91 Å². The van der Waals surface area contributed by atoms with Gasteiger partial charge in [-0.05, 0) is 41.1 Å². The molecule has 26 heavy (non-hydrogen) atoms. The van der Waals surface area contributed by atoms with Gasteiger partial charge in [0.15, 0.2) is 0 Å². The first-order valence-corrected chi connectivity index (χ1v) is 9.77. The van der Waals surface area contributed by atoms with Crippen LogP contribution in [-0.2, 0) is 30.8 Å². The molecule has 1 aliphatic heterocycles. The smallest absolute Gasteiger partial charge is 0.237 e. The molecule has 0 fully saturated rings. The summed E-state index contributed by atoms with van der Waals surface area (Å²) in [6, 6.07) is 16.1. The Hall–Kier alpha value is -2.37. The number of furan rings is 1. The van der Waals surface area contributed by atoms with Crippen molar-refractivity contribution in [2.75, 3.05) is 13.1 Å². The van der Waals surface area contributed by atoms with Crippen molar-refractivity contribution in [2.45, 2.75) is 26.1 Å². The molecule has 0 radical (unpaired) electrons. The van der Waals surface area contributed by atoms with Crippen LogP contribution in [0, 0.1) is 0 Å². The fraction of sp³-hybridized carbons (Fsp3) is 0.286. The molecule has 0 N–H and O–H groups in total. The van der Waals surface area contributed by atoms with Gasteiger partial charge in [0.05, 0.1) is 19.4 Å². The Labute approximate surface area is 157 Å². The summed E-state index contributed by atoms with van der Waals surface area (Å²) in [6.45, 7) is 3.35. The van der Waals surface area contributed by atoms with Crippen molar-refractivity contribution in [3.8, 4) is 0 Å². The van der Waals surface area contributed by atoms with E-state index in [9.17, 15) is 4.79 Å². The van der Waals surface area contributed by atoms with E-state index in [1.54, 1.807) is 6.26 Å². The highest BCUT2D eigenvalue weighted by atomic mass is 32.1. The number of benzene rings is 1. The second-order valence-corrected chi connectivity index (χ2v) is 7.65. The van der Waals surface area contributed by atoms with E-state index in [0.29, 0.717) is 19.6 Å². The normalized spacial score (nSPS) is 14.2. The minimum atomic E-state index is 0.143. The van der Waals surface area contributed by atoms with Gasteiger partial charge in [-0.15, -0.1) is 11.3 Å². The summed E-state index contributed by atoms with van der Waals surface area (Å²) in [5.41, 5.74) is 2.50. The van der Waals surface area contributed by atoms with E-state index in [0.717, 1.165) is 30.8 Å². The second kappa shape index (κ2) is 7.89. The molecular weight excluding hydrogens is 344 g/mol. The number of amides is 1. The van der Waals surface area contributed by atoms with Gasteiger partial charge in [0.25, 0.3) is 0 Å². The van der Waals surface area contributed by atoms with Gasteiger partial charge in [-0.25, -0.2) is 0 Å². The van der Waals surface area contributed by atoms with Gasteiger partial charge in [0.1, 0.15) is 5.76 Å². The zero-order valence-electron chi connectivity index (χ0n) is 14.6. The Morgan fingerprint density at radius 3 is 2.81 bits per heavy atom. The van der Waals surface area contributed by atoms with Crippen LogP contribution in [0.1, 0.15) is 21.8 Å². The molecule has 3 aromatic rings. The Morgan fingerprint density at radius 1 is 1.12 bits per heavy atom. The minimum absolute atomic E-state index is 0.143. The summed E-state index contributed by atoms with van der Waals surface area (Å²) < 4.78 is 5.47. The van der Waals surface area contributed by atoms with Crippen molar-refractivity contribution in [2.24, 2.45) is 0 Å². The molecule has 1 aliphatic rings. The molecule has 4 rings (SSSR count). The molecule has 1 aromatic carbocycles. The first kappa shape index (κ1) is 17.1. The van der Waals surface area contributed by atoms with Crippen LogP contribution in [0.2, 0.25) is 0 Å². The quantitative estimate of drug-likeness (QED) is 0.663. The van der Waals surface area contributed by atoms with Gasteiger partial charge in [-0.1, -0.05) is 30.3 Å². The van der Waals surface area contributed by atoms with E-state index >= 15 is 0 Å². The van der Waals surface area contributed by atoms with Gasteiger partial charge < -0.3 is 9.32 Å². The maximum absolute atomic E-state index is 13.0. The highest BCUT2D eigenvalue weighted by molar-refractivity contribution is 7.10. The lowest BCUT2D eigenvalue weighted by Gasteiger charge is -2.29. The number of carbonyl (C=O) groups is 1. The zero-order valence-corrected chi connectivity index (χ0v) is 15.5. The summed E-state index contributed by atoms with van der Waals surface area (Å²) in [5, 5.41) is 2.15. The van der Waals surface area contributed by atoms with Gasteiger partial charge in [-0.2, -0.15) is 0 Å². The summed E-state index contributed by atoms with van der Waals surface area (Å²) >= 11 is 1.82. The fourth-order valence-corrected chi connectivity index (χ4v) is 4.25. The molecule has 0 bridgehead atoms. The maximum Gasteiger partial charge on any atom is 0.237 e. The van der Waals surface area contributed by atoms with Crippen LogP contribution in [0.4, 0.5) is 0 Å². The summed E-state index contributed by atoms with van der Waals surface area (Å²) in [6.07, 6.45) is 2.69. The number of hydrogen-bond donors (Lipinski definition) is 0. The highest BCUT2D eigenvalue weighted by Gasteiger charge is 2.23. The lowest BCUT2D eigenvalue weighted by atomic mass is 10.1. The molecule has 134 valence electrons. The monoisotopic (exact) mass is 366 g/mol. The first-order chi connectivity index (χ1) is 12.8. The average Bonchev–Trinajstić information content (AvgIpc) is 3.33. The van der Waals surface area contributed by atoms with Crippen LogP contribution < -0.4 is 0 Å². The van der Waals surface area contributed by atoms with Crippen molar-refractivity contribution in [3.05, 3.63) is 81.9 Å². The first-order valence-electron chi connectivity index (χ1n) is 8.89. The van der Waals surface area contributed by atoms with E-state index in [1.165, 1.54) is 10.4 Å². The van der Waals surface area contributed by atoms with Gasteiger partial charge >= 0.3 is 0 Å². The van der Waals surface area contributed by atoms with Crippen molar-refractivity contribution in [1.82, 2.24) is 9.80 Å². The molecule has 0 spiro atoms. The Balaban J connectivity index is 1.45. The Bertz CT molecular complexity index is 842. The molecule has 3 heterocycles. The standard InChI is InChI=1S/C21H22N2O2S/c24-21(16-22-10-8-20-18(14-22)9-12-26-20)23(15-19-7-4-11-25-19)13-17-5-2-1-3-6-17/h1-7,9,11-12H,8,10,13-16H2. The third-order valence-electron chi connectivity index (χ3n) is 4.74. The predicted octanol–water partition coefficient (Wildman–Crippen LogP) is 3.93. The van der Waals surface area contributed by atoms with Crippen molar-refractivity contribution in [3.63, 3.8) is 0 Å².